The first-order valence-corrected chi connectivity index (χ1v) is 4.26. The Morgan fingerprint density at radius 3 is 2.55 bits per heavy atom. The van der Waals surface area contributed by atoms with E-state index in [1.165, 1.54) is 0 Å². The van der Waals surface area contributed by atoms with Crippen molar-refractivity contribution in [2.45, 2.75) is 58.7 Å². The molecule has 0 unspecified atom stereocenters. The van der Waals surface area contributed by atoms with Crippen LogP contribution in [0.3, 0.4) is 0 Å². The molecule has 0 bridgehead atoms. The molecule has 0 rings (SSSR count). The molecule has 0 saturated carbocycles. The Bertz CT molecular complexity index is 222. The number of hydrogen-bond donors (Lipinski definition) is 0. The van der Waals surface area contributed by atoms with E-state index in [-0.39, 0.29) is 6.42 Å². The van der Waals surface area contributed by atoms with Gasteiger partial charge in [0, 0.05) is 13.2 Å². The molecule has 0 aromatic rings. The average Bonchev–Trinajstić information content (AvgIpc) is 2.15. The number of rotatable bonds is 7. The van der Waals surface area contributed by atoms with E-state index in [0.29, 0.717) is 6.42 Å². The summed E-state index contributed by atoms with van der Waals surface area (Å²) in [6.45, 7) is -0.746. The van der Waals surface area contributed by atoms with Gasteiger partial charge in [0.15, 0.2) is 0 Å². The molecular formula is C10H20O. The highest BCUT2D eigenvalue weighted by molar-refractivity contribution is 5.75. The van der Waals surface area contributed by atoms with Crippen molar-refractivity contribution in [2.24, 2.45) is 0 Å². The van der Waals surface area contributed by atoms with E-state index in [1.807, 2.05) is 0 Å². The molecule has 0 N–H and O–H groups in total. The lowest BCUT2D eigenvalue weighted by molar-refractivity contribution is -0.117. The van der Waals surface area contributed by atoms with Gasteiger partial charge < -0.3 is 4.79 Å². The van der Waals surface area contributed by atoms with Crippen LogP contribution in [0.25, 0.3) is 0 Å². The second-order valence-corrected chi connectivity index (χ2v) is 2.67. The fraction of sp³-hybridized carbons (Fsp3) is 0.900. The van der Waals surface area contributed by atoms with Gasteiger partial charge in [0.25, 0.3) is 0 Å². The van der Waals surface area contributed by atoms with Gasteiger partial charge in [0.2, 0.25) is 0 Å². The van der Waals surface area contributed by atoms with Crippen molar-refractivity contribution in [2.75, 3.05) is 0 Å². The highest BCUT2D eigenvalue weighted by Gasteiger charge is 1.92. The van der Waals surface area contributed by atoms with Gasteiger partial charge in [0.05, 0.1) is 0 Å². The second kappa shape index (κ2) is 7.77. The maximum Gasteiger partial charge on any atom is 0.129 e. The summed E-state index contributed by atoms with van der Waals surface area (Å²) in [6.07, 6.45) is 2.41. The number of unbranched alkanes of at least 4 members (excludes halogenated alkanes) is 4. The summed E-state index contributed by atoms with van der Waals surface area (Å²) in [5.41, 5.74) is 0. The average molecular weight is 161 g/mol. The van der Waals surface area contributed by atoms with Crippen LogP contribution in [0.15, 0.2) is 0 Å². The van der Waals surface area contributed by atoms with Crippen LogP contribution < -0.4 is 0 Å². The van der Waals surface area contributed by atoms with Crippen molar-refractivity contribution in [3.8, 4) is 0 Å². The highest BCUT2D eigenvalue weighted by atomic mass is 16.1. The number of carbonyl (C=O) groups excluding carboxylic acids is 1. The van der Waals surface area contributed by atoms with Gasteiger partial charge in [-0.1, -0.05) is 39.0 Å². The van der Waals surface area contributed by atoms with Crippen LogP contribution in [-0.4, -0.2) is 5.78 Å². The minimum Gasteiger partial charge on any atom is -0.300 e. The third kappa shape index (κ3) is 9.67. The van der Waals surface area contributed by atoms with Gasteiger partial charge in [-0.15, -0.1) is 0 Å². The molecule has 0 aliphatic carbocycles. The largest absolute Gasteiger partial charge is 0.300 e. The Balaban J connectivity index is 4.00. The van der Waals surface area contributed by atoms with Gasteiger partial charge in [-0.2, -0.15) is 0 Å². The van der Waals surface area contributed by atoms with Gasteiger partial charge in [0.1, 0.15) is 5.78 Å². The van der Waals surface area contributed by atoms with Crippen molar-refractivity contribution in [1.29, 1.82) is 0 Å². The van der Waals surface area contributed by atoms with E-state index in [0.717, 1.165) is 25.7 Å². The molecule has 0 amide bonds. The van der Waals surface area contributed by atoms with Crippen LogP contribution in [0.2, 0.25) is 0 Å². The van der Waals surface area contributed by atoms with Crippen LogP contribution in [0, 0.1) is 0 Å². The van der Waals surface area contributed by atoms with E-state index in [1.54, 1.807) is 0 Å². The molecule has 0 spiro atoms. The molecule has 0 heterocycles. The molecule has 0 radical (unpaired) electrons. The van der Waals surface area contributed by atoms with Crippen LogP contribution in [0.5, 0.6) is 0 Å². The molecule has 0 atom stereocenters. The van der Waals surface area contributed by atoms with E-state index >= 15 is 0 Å². The van der Waals surface area contributed by atoms with Crippen LogP contribution in [0.1, 0.15) is 65.5 Å². The minimum atomic E-state index is -2.83. The summed E-state index contributed by atoms with van der Waals surface area (Å²) in [5.74, 6) is -1.27. The Hall–Kier alpha value is -0.330. The smallest absolute Gasteiger partial charge is 0.129 e. The Morgan fingerprint density at radius 1 is 1.27 bits per heavy atom. The molecule has 11 heavy (non-hydrogen) atoms. The van der Waals surface area contributed by atoms with Crippen molar-refractivity contribution >= 4 is 5.78 Å². The van der Waals surface area contributed by atoms with Crippen LogP contribution in [-0.2, 0) is 4.79 Å². The maximum absolute atomic E-state index is 11.3. The summed E-state index contributed by atoms with van der Waals surface area (Å²) in [5, 5.41) is 0. The van der Waals surface area contributed by atoms with E-state index in [2.05, 4.69) is 6.92 Å². The molecule has 0 saturated heterocycles. The summed E-state index contributed by atoms with van der Waals surface area (Å²) in [4.78, 5) is 11.3. The second-order valence-electron chi connectivity index (χ2n) is 2.67. The van der Waals surface area contributed by atoms with Crippen LogP contribution in [0.4, 0.5) is 0 Å². The zero-order valence-electron chi connectivity index (χ0n) is 12.2. The molecule has 0 aromatic carbocycles. The minimum absolute atomic E-state index is 0.00787. The molecule has 0 fully saturated rings. The third-order valence-electron chi connectivity index (χ3n) is 1.57. The number of carbonyl (C=O) groups is 1. The first-order chi connectivity index (χ1) is 7.22. The molecule has 66 valence electrons. The predicted octanol–water partition coefficient (Wildman–Crippen LogP) is 3.33. The Kier molecular flexibility index (Phi) is 3.28. The fourth-order valence-corrected chi connectivity index (χ4v) is 0.930. The highest BCUT2D eigenvalue weighted by Crippen LogP contribution is 2.06. The van der Waals surface area contributed by atoms with E-state index in [9.17, 15) is 4.79 Å². The first kappa shape index (κ1) is 4.64. The molecule has 0 aliphatic rings. The van der Waals surface area contributed by atoms with Gasteiger partial charge in [-0.25, -0.2) is 0 Å². The maximum atomic E-state index is 11.3. The Morgan fingerprint density at radius 2 is 1.91 bits per heavy atom. The van der Waals surface area contributed by atoms with E-state index < -0.39 is 19.0 Å². The zero-order chi connectivity index (χ0) is 12.8. The van der Waals surface area contributed by atoms with Gasteiger partial charge in [-0.3, -0.25) is 0 Å². The van der Waals surface area contributed by atoms with Crippen molar-refractivity contribution in [3.63, 3.8) is 0 Å². The zero-order valence-corrected chi connectivity index (χ0v) is 7.15. The van der Waals surface area contributed by atoms with E-state index in [4.69, 9.17) is 6.85 Å². The molecule has 0 aliphatic heterocycles. The Labute approximate surface area is 77.2 Å². The topological polar surface area (TPSA) is 17.1 Å². The quantitative estimate of drug-likeness (QED) is 0.523. The van der Waals surface area contributed by atoms with Crippen molar-refractivity contribution in [1.82, 2.24) is 0 Å². The lowest BCUT2D eigenvalue weighted by atomic mass is 10.1. The molecule has 1 heteroatoms. The molecule has 0 aromatic heterocycles. The standard InChI is InChI=1S/C10H20O/c1-3-4-5-6-7-8-9-10(2)11/h3-9H2,1-2H3/i2D3,9D2. The molecular weight excluding hydrogens is 136 g/mol. The monoisotopic (exact) mass is 161 g/mol. The molecule has 1 nitrogen and oxygen atoms in total. The summed E-state index contributed by atoms with van der Waals surface area (Å²) in [7, 11) is 0. The van der Waals surface area contributed by atoms with Crippen molar-refractivity contribution in [3.05, 3.63) is 0 Å². The normalized spacial score (nSPS) is 19.2. The number of hydrogen-bond acceptors (Lipinski definition) is 1. The lowest BCUT2D eigenvalue weighted by Crippen LogP contribution is -1.88. The lowest BCUT2D eigenvalue weighted by Gasteiger charge is -1.97. The number of ketones is 1. The van der Waals surface area contributed by atoms with Crippen LogP contribution >= 0.6 is 0 Å². The van der Waals surface area contributed by atoms with Gasteiger partial charge in [-0.05, 0) is 13.3 Å². The summed E-state index contributed by atoms with van der Waals surface area (Å²) >= 11 is 0. The van der Waals surface area contributed by atoms with Gasteiger partial charge >= 0.3 is 0 Å². The third-order valence-corrected chi connectivity index (χ3v) is 1.57. The predicted molar refractivity (Wildman–Crippen MR) is 48.7 cm³/mol. The summed E-state index contributed by atoms with van der Waals surface area (Å²) in [6, 6.07) is 0. The summed E-state index contributed by atoms with van der Waals surface area (Å²) < 4.78 is 35.5. The fourth-order valence-electron chi connectivity index (χ4n) is 0.930. The first-order valence-electron chi connectivity index (χ1n) is 6.76. The number of Topliss-reactive ketones (excluding diaryl/α,β-unsaturated/α-hetero) is 1. The SMILES string of the molecule is [2H]C([2H])([2H])C(=O)C([2H])([2H])CCCCCCC. The van der Waals surface area contributed by atoms with Crippen molar-refractivity contribution < 1.29 is 11.6 Å².